The molecule has 0 aliphatic rings. The molecule has 2 aromatic heterocycles. The van der Waals surface area contributed by atoms with Gasteiger partial charge in [0.15, 0.2) is 0 Å². The van der Waals surface area contributed by atoms with Gasteiger partial charge in [0.1, 0.15) is 6.54 Å². The zero-order chi connectivity index (χ0) is 16.6. The molecule has 0 saturated carbocycles. The summed E-state index contributed by atoms with van der Waals surface area (Å²) < 4.78 is 7.48. The van der Waals surface area contributed by atoms with Gasteiger partial charge in [-0.25, -0.2) is 0 Å². The second-order valence-electron chi connectivity index (χ2n) is 5.54. The van der Waals surface area contributed by atoms with Crippen molar-refractivity contribution in [2.24, 2.45) is 0 Å². The van der Waals surface area contributed by atoms with Gasteiger partial charge in [-0.2, -0.15) is 0 Å². The average Bonchev–Trinajstić information content (AvgIpc) is 3.08. The monoisotopic (exact) mass is 311 g/mol. The molecule has 0 spiro atoms. The molecule has 0 bridgehead atoms. The first-order valence-corrected chi connectivity index (χ1v) is 7.25. The van der Waals surface area contributed by atoms with Gasteiger partial charge in [-0.05, 0) is 39.0 Å². The minimum absolute atomic E-state index is 0.0867. The van der Waals surface area contributed by atoms with Gasteiger partial charge in [-0.1, -0.05) is 17.7 Å². The van der Waals surface area contributed by atoms with Gasteiger partial charge < -0.3 is 14.1 Å². The number of aliphatic carboxylic acids is 1. The number of carbonyl (C=O) groups is 1. The summed E-state index contributed by atoms with van der Waals surface area (Å²) in [5, 5.41) is 17.2. The maximum absolute atomic E-state index is 11.0. The predicted octanol–water partition coefficient (Wildman–Crippen LogP) is 3.21. The smallest absolute Gasteiger partial charge is 0.323 e. The van der Waals surface area contributed by atoms with Gasteiger partial charge in [-0.15, -0.1) is 10.2 Å². The predicted molar refractivity (Wildman–Crippen MR) is 85.0 cm³/mol. The second-order valence-corrected chi connectivity index (χ2v) is 5.54. The summed E-state index contributed by atoms with van der Waals surface area (Å²) in [7, 11) is 0. The lowest BCUT2D eigenvalue weighted by Crippen LogP contribution is -2.11. The first-order valence-electron chi connectivity index (χ1n) is 7.25. The third-order valence-electron chi connectivity index (χ3n) is 3.82. The highest BCUT2D eigenvalue weighted by Crippen LogP contribution is 2.28. The molecule has 0 saturated heterocycles. The van der Waals surface area contributed by atoms with Gasteiger partial charge in [0.25, 0.3) is 0 Å². The third kappa shape index (κ3) is 2.88. The van der Waals surface area contributed by atoms with E-state index in [0.717, 1.165) is 28.1 Å². The van der Waals surface area contributed by atoms with Crippen molar-refractivity contribution in [2.75, 3.05) is 0 Å². The summed E-state index contributed by atoms with van der Waals surface area (Å²) in [5.74, 6) is -0.0439. The molecule has 1 N–H and O–H groups in total. The van der Waals surface area contributed by atoms with E-state index in [2.05, 4.69) is 10.2 Å². The van der Waals surface area contributed by atoms with Crippen LogP contribution in [-0.4, -0.2) is 25.8 Å². The maximum Gasteiger partial charge on any atom is 0.323 e. The summed E-state index contributed by atoms with van der Waals surface area (Å²) >= 11 is 0. The molecule has 6 heteroatoms. The van der Waals surface area contributed by atoms with Crippen LogP contribution in [0, 0.1) is 20.8 Å². The molecule has 0 unspecified atom stereocenters. The number of nitrogens with zero attached hydrogens (tertiary/aromatic N) is 3. The van der Waals surface area contributed by atoms with Crippen LogP contribution in [0.1, 0.15) is 17.0 Å². The van der Waals surface area contributed by atoms with Crippen LogP contribution >= 0.6 is 0 Å². The summed E-state index contributed by atoms with van der Waals surface area (Å²) in [6, 6.07) is 9.70. The molecule has 3 aromatic rings. The first-order chi connectivity index (χ1) is 11.0. The highest BCUT2D eigenvalue weighted by Gasteiger charge is 2.18. The fourth-order valence-electron chi connectivity index (χ4n) is 2.54. The van der Waals surface area contributed by atoms with E-state index in [-0.39, 0.29) is 6.54 Å². The highest BCUT2D eigenvalue weighted by molar-refractivity contribution is 5.68. The van der Waals surface area contributed by atoms with E-state index in [4.69, 9.17) is 9.52 Å². The molecule has 0 amide bonds. The van der Waals surface area contributed by atoms with E-state index < -0.39 is 5.97 Å². The van der Waals surface area contributed by atoms with Crippen molar-refractivity contribution < 1.29 is 14.3 Å². The molecule has 3 rings (SSSR count). The number of benzene rings is 1. The zero-order valence-corrected chi connectivity index (χ0v) is 13.2. The number of carboxylic acids is 1. The Hall–Kier alpha value is -2.89. The molecular weight excluding hydrogens is 294 g/mol. The Morgan fingerprint density at radius 1 is 1.13 bits per heavy atom. The molecule has 0 atom stereocenters. The Morgan fingerprint density at radius 2 is 1.78 bits per heavy atom. The minimum atomic E-state index is -0.885. The molecule has 0 aliphatic heterocycles. The zero-order valence-electron chi connectivity index (χ0n) is 13.2. The van der Waals surface area contributed by atoms with Crippen LogP contribution in [0.15, 0.2) is 34.7 Å². The van der Waals surface area contributed by atoms with Gasteiger partial charge in [-0.3, -0.25) is 4.79 Å². The largest absolute Gasteiger partial charge is 0.480 e. The van der Waals surface area contributed by atoms with E-state index in [1.54, 1.807) is 4.57 Å². The lowest BCUT2D eigenvalue weighted by atomic mass is 10.1. The molecule has 0 radical (unpaired) electrons. The minimum Gasteiger partial charge on any atom is -0.480 e. The summed E-state index contributed by atoms with van der Waals surface area (Å²) in [6.07, 6.45) is 0. The quantitative estimate of drug-likeness (QED) is 0.800. The van der Waals surface area contributed by atoms with Crippen molar-refractivity contribution in [1.82, 2.24) is 14.8 Å². The Balaban J connectivity index is 1.97. The van der Waals surface area contributed by atoms with Crippen LogP contribution in [0.25, 0.3) is 22.9 Å². The Labute approximate surface area is 133 Å². The number of aromatic nitrogens is 3. The molecule has 6 nitrogen and oxygen atoms in total. The van der Waals surface area contributed by atoms with E-state index >= 15 is 0 Å². The summed E-state index contributed by atoms with van der Waals surface area (Å²) in [4.78, 5) is 11.0. The van der Waals surface area contributed by atoms with Gasteiger partial charge >= 0.3 is 5.97 Å². The fraction of sp³-hybridized carbons (Fsp3) is 0.235. The third-order valence-corrected chi connectivity index (χ3v) is 3.82. The Bertz CT molecular complexity index is 860. The lowest BCUT2D eigenvalue weighted by Gasteiger charge is -2.05. The average molecular weight is 311 g/mol. The number of rotatable bonds is 4. The molecule has 0 fully saturated rings. The molecule has 118 valence electrons. The molecule has 23 heavy (non-hydrogen) atoms. The number of aryl methyl sites for hydroxylation is 2. The van der Waals surface area contributed by atoms with Crippen LogP contribution in [0.3, 0.4) is 0 Å². The second kappa shape index (κ2) is 5.72. The topological polar surface area (TPSA) is 81.2 Å². The maximum atomic E-state index is 11.0. The number of hydrogen-bond donors (Lipinski definition) is 1. The van der Waals surface area contributed by atoms with Crippen LogP contribution in [-0.2, 0) is 11.3 Å². The highest BCUT2D eigenvalue weighted by atomic mass is 16.4. The van der Waals surface area contributed by atoms with Crippen molar-refractivity contribution >= 4 is 5.97 Å². The van der Waals surface area contributed by atoms with E-state index in [0.29, 0.717) is 11.8 Å². The van der Waals surface area contributed by atoms with Crippen molar-refractivity contribution in [3.63, 3.8) is 0 Å². The number of carboxylic acid groups (broad SMARTS) is 1. The normalized spacial score (nSPS) is 10.9. The van der Waals surface area contributed by atoms with Gasteiger partial charge in [0, 0.05) is 17.0 Å². The van der Waals surface area contributed by atoms with Crippen molar-refractivity contribution in [3.8, 4) is 22.9 Å². The van der Waals surface area contributed by atoms with Crippen LogP contribution in [0.5, 0.6) is 0 Å². The van der Waals surface area contributed by atoms with E-state index in [9.17, 15) is 4.79 Å². The Kier molecular flexibility index (Phi) is 3.73. The van der Waals surface area contributed by atoms with Crippen LogP contribution < -0.4 is 0 Å². The van der Waals surface area contributed by atoms with Crippen molar-refractivity contribution in [3.05, 3.63) is 47.3 Å². The molecule has 2 heterocycles. The fourth-order valence-corrected chi connectivity index (χ4v) is 2.54. The molecular formula is C17H17N3O3. The first kappa shape index (κ1) is 15.0. The summed E-state index contributed by atoms with van der Waals surface area (Å²) in [6.45, 7) is 5.63. The van der Waals surface area contributed by atoms with Gasteiger partial charge in [0.2, 0.25) is 11.8 Å². The summed E-state index contributed by atoms with van der Waals surface area (Å²) in [5.41, 5.74) is 4.41. The van der Waals surface area contributed by atoms with Crippen molar-refractivity contribution in [2.45, 2.75) is 27.3 Å². The van der Waals surface area contributed by atoms with E-state index in [1.807, 2.05) is 51.1 Å². The lowest BCUT2D eigenvalue weighted by molar-refractivity contribution is -0.137. The molecule has 0 aliphatic carbocycles. The van der Waals surface area contributed by atoms with Crippen molar-refractivity contribution in [1.29, 1.82) is 0 Å². The molecule has 1 aromatic carbocycles. The standard InChI is InChI=1S/C17H17N3O3/c1-10-4-6-13(7-5-10)16-18-19-17(23-16)14-8-11(2)20(12(14)3)9-15(21)22/h4-8H,9H2,1-3H3,(H,21,22). The SMILES string of the molecule is Cc1ccc(-c2nnc(-c3cc(C)n(CC(=O)O)c3C)o2)cc1. The van der Waals surface area contributed by atoms with Crippen LogP contribution in [0.4, 0.5) is 0 Å². The Morgan fingerprint density at radius 3 is 2.43 bits per heavy atom. The van der Waals surface area contributed by atoms with Crippen LogP contribution in [0.2, 0.25) is 0 Å². The van der Waals surface area contributed by atoms with E-state index in [1.165, 1.54) is 0 Å². The van der Waals surface area contributed by atoms with Gasteiger partial charge in [0.05, 0.1) is 5.56 Å². The number of hydrogen-bond acceptors (Lipinski definition) is 4.